The third-order valence-electron chi connectivity index (χ3n) is 2.96. The molecule has 0 bridgehead atoms. The molecule has 6 heteroatoms. The highest BCUT2D eigenvalue weighted by atomic mass is 16.2. The fourth-order valence-electron chi connectivity index (χ4n) is 2.00. The largest absolute Gasteiger partial charge is 0.399 e. The number of benzene rings is 1. The standard InChI is InChI=1S/C15H24N4O2/c1-2-3-7-18-15(21)11-19(10-14(17)20)9-12-5-4-6-13(16)8-12/h4-6,8H,2-3,7,9-11,16H2,1H3,(H2,17,20)(H,18,21). The Bertz CT molecular complexity index is 476. The van der Waals surface area contributed by atoms with E-state index in [9.17, 15) is 9.59 Å². The number of hydrogen-bond acceptors (Lipinski definition) is 4. The minimum atomic E-state index is -0.458. The number of carbonyl (C=O) groups is 2. The van der Waals surface area contributed by atoms with Crippen LogP contribution >= 0.6 is 0 Å². The van der Waals surface area contributed by atoms with Crippen LogP contribution in [0.15, 0.2) is 24.3 Å². The average molecular weight is 292 g/mol. The fourth-order valence-corrected chi connectivity index (χ4v) is 2.00. The van der Waals surface area contributed by atoms with Crippen LogP contribution in [0.25, 0.3) is 0 Å². The number of primary amides is 1. The van der Waals surface area contributed by atoms with Crippen LogP contribution in [-0.4, -0.2) is 36.3 Å². The number of nitrogen functional groups attached to an aromatic ring is 1. The van der Waals surface area contributed by atoms with Crippen LogP contribution in [0.5, 0.6) is 0 Å². The first-order chi connectivity index (χ1) is 10.0. The van der Waals surface area contributed by atoms with Crippen molar-refractivity contribution in [2.45, 2.75) is 26.3 Å². The van der Waals surface area contributed by atoms with E-state index in [1.54, 1.807) is 11.0 Å². The molecule has 0 aromatic heterocycles. The lowest BCUT2D eigenvalue weighted by Crippen LogP contribution is -2.41. The molecule has 0 heterocycles. The van der Waals surface area contributed by atoms with Crippen LogP contribution < -0.4 is 16.8 Å². The van der Waals surface area contributed by atoms with Gasteiger partial charge in [0, 0.05) is 18.8 Å². The number of amides is 2. The van der Waals surface area contributed by atoms with Crippen molar-refractivity contribution in [1.29, 1.82) is 0 Å². The van der Waals surface area contributed by atoms with Crippen molar-refractivity contribution in [3.8, 4) is 0 Å². The Labute approximate surface area is 125 Å². The molecule has 0 aliphatic carbocycles. The molecule has 1 aromatic rings. The molecule has 0 aliphatic rings. The average Bonchev–Trinajstić information content (AvgIpc) is 2.38. The quantitative estimate of drug-likeness (QED) is 0.455. The number of nitrogens with zero attached hydrogens (tertiary/aromatic N) is 1. The van der Waals surface area contributed by atoms with Crippen molar-refractivity contribution in [1.82, 2.24) is 10.2 Å². The van der Waals surface area contributed by atoms with E-state index in [-0.39, 0.29) is 19.0 Å². The SMILES string of the molecule is CCCCNC(=O)CN(CC(N)=O)Cc1cccc(N)c1. The van der Waals surface area contributed by atoms with Gasteiger partial charge in [0.2, 0.25) is 11.8 Å². The van der Waals surface area contributed by atoms with Gasteiger partial charge in [-0.25, -0.2) is 0 Å². The van der Waals surface area contributed by atoms with Crippen LogP contribution in [0, 0.1) is 0 Å². The van der Waals surface area contributed by atoms with E-state index in [1.807, 2.05) is 18.2 Å². The number of unbranched alkanes of at least 4 members (excludes halogenated alkanes) is 1. The summed E-state index contributed by atoms with van der Waals surface area (Å²) in [6.07, 6.45) is 1.96. The van der Waals surface area contributed by atoms with E-state index < -0.39 is 5.91 Å². The third-order valence-corrected chi connectivity index (χ3v) is 2.96. The monoisotopic (exact) mass is 292 g/mol. The Kier molecular flexibility index (Phi) is 7.25. The summed E-state index contributed by atoms with van der Waals surface area (Å²) in [4.78, 5) is 24.7. The molecule has 21 heavy (non-hydrogen) atoms. The minimum Gasteiger partial charge on any atom is -0.399 e. The Morgan fingerprint density at radius 3 is 2.67 bits per heavy atom. The normalized spacial score (nSPS) is 10.6. The predicted molar refractivity (Wildman–Crippen MR) is 83.2 cm³/mol. The summed E-state index contributed by atoms with van der Waals surface area (Å²) in [6.45, 7) is 3.34. The second-order valence-corrected chi connectivity index (χ2v) is 5.06. The fraction of sp³-hybridized carbons (Fsp3) is 0.467. The Morgan fingerprint density at radius 2 is 2.05 bits per heavy atom. The number of anilines is 1. The number of nitrogens with two attached hydrogens (primary N) is 2. The molecule has 0 saturated heterocycles. The van der Waals surface area contributed by atoms with Crippen LogP contribution in [0.3, 0.4) is 0 Å². The van der Waals surface area contributed by atoms with Crippen molar-refractivity contribution in [2.24, 2.45) is 5.73 Å². The van der Waals surface area contributed by atoms with Crippen LogP contribution in [-0.2, 0) is 16.1 Å². The van der Waals surface area contributed by atoms with Crippen molar-refractivity contribution in [2.75, 3.05) is 25.4 Å². The molecule has 0 aliphatic heterocycles. The van der Waals surface area contributed by atoms with Crippen LogP contribution in [0.2, 0.25) is 0 Å². The van der Waals surface area contributed by atoms with Gasteiger partial charge in [-0.05, 0) is 24.1 Å². The zero-order chi connectivity index (χ0) is 15.7. The van der Waals surface area contributed by atoms with Gasteiger partial charge >= 0.3 is 0 Å². The molecule has 116 valence electrons. The second kappa shape index (κ2) is 8.97. The summed E-state index contributed by atoms with van der Waals surface area (Å²) in [5, 5.41) is 2.83. The van der Waals surface area contributed by atoms with Crippen LogP contribution in [0.4, 0.5) is 5.69 Å². The molecule has 5 N–H and O–H groups in total. The third kappa shape index (κ3) is 7.31. The molecule has 2 amide bonds. The van der Waals surface area contributed by atoms with Crippen molar-refractivity contribution in [3.05, 3.63) is 29.8 Å². The van der Waals surface area contributed by atoms with Crippen LogP contribution in [0.1, 0.15) is 25.3 Å². The highest BCUT2D eigenvalue weighted by Gasteiger charge is 2.13. The van der Waals surface area contributed by atoms with E-state index in [0.29, 0.717) is 18.8 Å². The molecule has 0 radical (unpaired) electrons. The molecular formula is C15H24N4O2. The number of carbonyl (C=O) groups excluding carboxylic acids is 2. The Balaban J connectivity index is 2.58. The molecule has 0 fully saturated rings. The predicted octanol–water partition coefficient (Wildman–Crippen LogP) is 0.472. The second-order valence-electron chi connectivity index (χ2n) is 5.06. The maximum atomic E-state index is 11.8. The molecule has 1 rings (SSSR count). The maximum absolute atomic E-state index is 11.8. The first-order valence-electron chi connectivity index (χ1n) is 7.13. The Morgan fingerprint density at radius 1 is 1.29 bits per heavy atom. The zero-order valence-electron chi connectivity index (χ0n) is 12.5. The summed E-state index contributed by atoms with van der Waals surface area (Å²) >= 11 is 0. The van der Waals surface area contributed by atoms with Gasteiger partial charge in [-0.3, -0.25) is 14.5 Å². The Hall–Kier alpha value is -2.08. The molecule has 1 aromatic carbocycles. The smallest absolute Gasteiger partial charge is 0.234 e. The van der Waals surface area contributed by atoms with Crippen molar-refractivity contribution < 1.29 is 9.59 Å². The molecule has 0 spiro atoms. The lowest BCUT2D eigenvalue weighted by molar-refractivity contribution is -0.124. The lowest BCUT2D eigenvalue weighted by atomic mass is 10.2. The molecular weight excluding hydrogens is 268 g/mol. The van der Waals surface area contributed by atoms with Gasteiger partial charge in [0.25, 0.3) is 0 Å². The minimum absolute atomic E-state index is 0.0377. The van der Waals surface area contributed by atoms with E-state index in [0.717, 1.165) is 18.4 Å². The van der Waals surface area contributed by atoms with Gasteiger partial charge in [0.15, 0.2) is 0 Å². The van der Waals surface area contributed by atoms with Gasteiger partial charge in [-0.15, -0.1) is 0 Å². The highest BCUT2D eigenvalue weighted by molar-refractivity contribution is 5.80. The molecule has 6 nitrogen and oxygen atoms in total. The summed E-state index contributed by atoms with van der Waals surface area (Å²) in [6, 6.07) is 7.36. The first-order valence-corrected chi connectivity index (χ1v) is 7.13. The lowest BCUT2D eigenvalue weighted by Gasteiger charge is -2.20. The van der Waals surface area contributed by atoms with E-state index in [2.05, 4.69) is 12.2 Å². The summed E-state index contributed by atoms with van der Waals surface area (Å²) in [5.74, 6) is -0.561. The van der Waals surface area contributed by atoms with Crippen molar-refractivity contribution >= 4 is 17.5 Å². The van der Waals surface area contributed by atoms with E-state index >= 15 is 0 Å². The molecule has 0 atom stereocenters. The summed E-state index contributed by atoms with van der Waals surface area (Å²) in [7, 11) is 0. The zero-order valence-corrected chi connectivity index (χ0v) is 12.5. The van der Waals surface area contributed by atoms with Gasteiger partial charge in [-0.2, -0.15) is 0 Å². The summed E-state index contributed by atoms with van der Waals surface area (Å²) < 4.78 is 0. The number of nitrogens with one attached hydrogen (secondary N) is 1. The highest BCUT2D eigenvalue weighted by Crippen LogP contribution is 2.09. The molecule has 0 saturated carbocycles. The molecule has 0 unspecified atom stereocenters. The topological polar surface area (TPSA) is 101 Å². The first kappa shape index (κ1) is 17.0. The summed E-state index contributed by atoms with van der Waals surface area (Å²) in [5.41, 5.74) is 12.6. The van der Waals surface area contributed by atoms with Gasteiger partial charge < -0.3 is 16.8 Å². The van der Waals surface area contributed by atoms with E-state index in [4.69, 9.17) is 11.5 Å². The van der Waals surface area contributed by atoms with Gasteiger partial charge in [0.1, 0.15) is 0 Å². The van der Waals surface area contributed by atoms with Gasteiger partial charge in [0.05, 0.1) is 13.1 Å². The maximum Gasteiger partial charge on any atom is 0.234 e. The number of hydrogen-bond donors (Lipinski definition) is 3. The van der Waals surface area contributed by atoms with Crippen molar-refractivity contribution in [3.63, 3.8) is 0 Å². The number of rotatable bonds is 9. The van der Waals surface area contributed by atoms with Gasteiger partial charge in [-0.1, -0.05) is 25.5 Å². The van der Waals surface area contributed by atoms with E-state index in [1.165, 1.54) is 0 Å².